The lowest BCUT2D eigenvalue weighted by atomic mass is 10.2. The van der Waals surface area contributed by atoms with Crippen molar-refractivity contribution in [3.63, 3.8) is 0 Å². The second-order valence-electron chi connectivity index (χ2n) is 3.76. The van der Waals surface area contributed by atoms with Gasteiger partial charge in [-0.3, -0.25) is 4.79 Å². The molecule has 1 aromatic rings. The molecule has 1 heterocycles. The molecule has 0 aliphatic heterocycles. The number of aryl methyl sites for hydroxylation is 1. The van der Waals surface area contributed by atoms with Crippen molar-refractivity contribution in [1.29, 1.82) is 0 Å². The highest BCUT2D eigenvalue weighted by atomic mass is 79.9. The first-order valence-corrected chi connectivity index (χ1v) is 6.96. The van der Waals surface area contributed by atoms with Crippen molar-refractivity contribution >= 4 is 45.6 Å². The van der Waals surface area contributed by atoms with E-state index in [4.69, 9.17) is 5.73 Å². The van der Waals surface area contributed by atoms with E-state index in [0.29, 0.717) is 13.0 Å². The molecule has 1 amide bonds. The number of nitrogens with two attached hydrogens (primary N) is 1. The van der Waals surface area contributed by atoms with Gasteiger partial charge in [-0.1, -0.05) is 0 Å². The highest BCUT2D eigenvalue weighted by molar-refractivity contribution is 9.11. The maximum atomic E-state index is 11.4. The molecule has 1 aromatic heterocycles. The van der Waals surface area contributed by atoms with Crippen LogP contribution in [0.4, 0.5) is 0 Å². The number of hydrogen-bond acceptors (Lipinski definition) is 3. The summed E-state index contributed by atoms with van der Waals surface area (Å²) in [4.78, 5) is 12.7. The molecule has 0 bridgehead atoms. The third kappa shape index (κ3) is 7.03. The summed E-state index contributed by atoms with van der Waals surface area (Å²) in [5.41, 5.74) is 5.42. The summed E-state index contributed by atoms with van der Waals surface area (Å²) in [7, 11) is 0. The molecule has 1 atom stereocenters. The zero-order valence-corrected chi connectivity index (χ0v) is 13.0. The predicted molar refractivity (Wildman–Crippen MR) is 78.9 cm³/mol. The Labute approximate surface area is 121 Å². The molecule has 0 unspecified atom stereocenters. The molecule has 0 aliphatic rings. The molecular weight excluding hydrogens is 324 g/mol. The van der Waals surface area contributed by atoms with Gasteiger partial charge >= 0.3 is 0 Å². The van der Waals surface area contributed by atoms with Gasteiger partial charge in [0.1, 0.15) is 0 Å². The molecular formula is C11H18BrClN2OS. The lowest BCUT2D eigenvalue weighted by molar-refractivity contribution is -0.121. The summed E-state index contributed by atoms with van der Waals surface area (Å²) in [5, 5.41) is 2.85. The van der Waals surface area contributed by atoms with Crippen LogP contribution in [0, 0.1) is 0 Å². The van der Waals surface area contributed by atoms with Crippen LogP contribution in [0.2, 0.25) is 0 Å². The van der Waals surface area contributed by atoms with Gasteiger partial charge in [-0.15, -0.1) is 23.7 Å². The summed E-state index contributed by atoms with van der Waals surface area (Å²) >= 11 is 5.14. The molecule has 0 spiro atoms. The van der Waals surface area contributed by atoms with E-state index in [0.717, 1.165) is 16.6 Å². The smallest absolute Gasteiger partial charge is 0.220 e. The first kappa shape index (κ1) is 16.9. The molecule has 0 fully saturated rings. The van der Waals surface area contributed by atoms with Crippen molar-refractivity contribution in [2.24, 2.45) is 5.73 Å². The first-order valence-electron chi connectivity index (χ1n) is 5.35. The van der Waals surface area contributed by atoms with Crippen molar-refractivity contribution in [3.8, 4) is 0 Å². The van der Waals surface area contributed by atoms with Crippen molar-refractivity contribution in [2.45, 2.75) is 32.2 Å². The molecule has 0 saturated carbocycles. The number of amides is 1. The number of thiophene rings is 1. The van der Waals surface area contributed by atoms with Gasteiger partial charge in [-0.05, 0) is 47.8 Å². The van der Waals surface area contributed by atoms with Gasteiger partial charge in [0.2, 0.25) is 5.91 Å². The Morgan fingerprint density at radius 1 is 1.59 bits per heavy atom. The lowest BCUT2D eigenvalue weighted by Crippen LogP contribution is -2.37. The number of rotatable bonds is 6. The predicted octanol–water partition coefficient (Wildman–Crippen LogP) is 2.72. The maximum absolute atomic E-state index is 11.4. The van der Waals surface area contributed by atoms with Gasteiger partial charge < -0.3 is 11.1 Å². The SMILES string of the molecule is C[C@@H](CN)NC(=O)CCCc1ccc(Br)s1.Cl. The summed E-state index contributed by atoms with van der Waals surface area (Å²) in [6, 6.07) is 4.20. The molecule has 6 heteroatoms. The number of hydrogen-bond donors (Lipinski definition) is 2. The monoisotopic (exact) mass is 340 g/mol. The van der Waals surface area contributed by atoms with Crippen molar-refractivity contribution < 1.29 is 4.79 Å². The molecule has 0 aromatic carbocycles. The molecule has 0 aliphatic carbocycles. The topological polar surface area (TPSA) is 55.1 Å². The normalized spacial score (nSPS) is 11.7. The van der Waals surface area contributed by atoms with Crippen molar-refractivity contribution in [2.75, 3.05) is 6.54 Å². The zero-order valence-electron chi connectivity index (χ0n) is 9.74. The molecule has 3 nitrogen and oxygen atoms in total. The van der Waals surface area contributed by atoms with Crippen LogP contribution in [0.3, 0.4) is 0 Å². The Balaban J connectivity index is 0.00000256. The molecule has 1 rings (SSSR count). The first-order chi connectivity index (χ1) is 7.61. The van der Waals surface area contributed by atoms with E-state index in [9.17, 15) is 4.79 Å². The maximum Gasteiger partial charge on any atom is 0.220 e. The minimum absolute atomic E-state index is 0. The Morgan fingerprint density at radius 3 is 2.82 bits per heavy atom. The average molecular weight is 342 g/mol. The Kier molecular flexibility index (Phi) is 8.86. The summed E-state index contributed by atoms with van der Waals surface area (Å²) < 4.78 is 1.14. The van der Waals surface area contributed by atoms with Gasteiger partial charge in [-0.25, -0.2) is 0 Å². The molecule has 98 valence electrons. The Bertz CT molecular complexity index is 346. The number of carbonyl (C=O) groups excluding carboxylic acids is 1. The highest BCUT2D eigenvalue weighted by Crippen LogP contribution is 2.23. The average Bonchev–Trinajstić information content (AvgIpc) is 2.64. The second kappa shape index (κ2) is 8.91. The van der Waals surface area contributed by atoms with Crippen LogP contribution in [-0.4, -0.2) is 18.5 Å². The highest BCUT2D eigenvalue weighted by Gasteiger charge is 2.05. The fourth-order valence-corrected chi connectivity index (χ4v) is 2.84. The van der Waals surface area contributed by atoms with E-state index < -0.39 is 0 Å². The Morgan fingerprint density at radius 2 is 2.29 bits per heavy atom. The zero-order chi connectivity index (χ0) is 12.0. The van der Waals surface area contributed by atoms with E-state index >= 15 is 0 Å². The van der Waals surface area contributed by atoms with Crippen LogP contribution in [0.15, 0.2) is 15.9 Å². The van der Waals surface area contributed by atoms with Crippen molar-refractivity contribution in [1.82, 2.24) is 5.32 Å². The minimum Gasteiger partial charge on any atom is -0.352 e. The van der Waals surface area contributed by atoms with Crippen LogP contribution in [0.5, 0.6) is 0 Å². The molecule has 17 heavy (non-hydrogen) atoms. The fourth-order valence-electron chi connectivity index (χ4n) is 1.32. The van der Waals surface area contributed by atoms with E-state index in [1.54, 1.807) is 11.3 Å². The van der Waals surface area contributed by atoms with Gasteiger partial charge in [0.25, 0.3) is 0 Å². The van der Waals surface area contributed by atoms with Crippen molar-refractivity contribution in [3.05, 3.63) is 20.8 Å². The molecule has 3 N–H and O–H groups in total. The largest absolute Gasteiger partial charge is 0.352 e. The minimum atomic E-state index is 0. The third-order valence-electron chi connectivity index (χ3n) is 2.22. The van der Waals surface area contributed by atoms with Gasteiger partial charge in [0, 0.05) is 23.9 Å². The second-order valence-corrected chi connectivity index (χ2v) is 6.31. The van der Waals surface area contributed by atoms with Crippen LogP contribution in [-0.2, 0) is 11.2 Å². The van der Waals surface area contributed by atoms with E-state index in [2.05, 4.69) is 27.3 Å². The lowest BCUT2D eigenvalue weighted by Gasteiger charge is -2.10. The van der Waals surface area contributed by atoms with Gasteiger partial charge in [0.15, 0.2) is 0 Å². The van der Waals surface area contributed by atoms with Crippen LogP contribution >= 0.6 is 39.7 Å². The summed E-state index contributed by atoms with van der Waals surface area (Å²) in [6.07, 6.45) is 2.41. The summed E-state index contributed by atoms with van der Waals surface area (Å²) in [5.74, 6) is 0.0913. The number of halogens is 2. The van der Waals surface area contributed by atoms with Gasteiger partial charge in [0.05, 0.1) is 3.79 Å². The van der Waals surface area contributed by atoms with Crippen LogP contribution < -0.4 is 11.1 Å². The van der Waals surface area contributed by atoms with E-state index in [-0.39, 0.29) is 24.4 Å². The fraction of sp³-hybridized carbons (Fsp3) is 0.545. The molecule has 0 saturated heterocycles. The van der Waals surface area contributed by atoms with E-state index in [1.807, 2.05) is 13.0 Å². The van der Waals surface area contributed by atoms with E-state index in [1.165, 1.54) is 4.88 Å². The quantitative estimate of drug-likeness (QED) is 0.836. The molecule has 0 radical (unpaired) electrons. The number of nitrogens with one attached hydrogen (secondary N) is 1. The standard InChI is InChI=1S/C11H17BrN2OS.ClH/c1-8(7-13)14-11(15)4-2-3-9-5-6-10(12)16-9;/h5-6,8H,2-4,7,13H2,1H3,(H,14,15);1H/t8-;/m0./s1. The van der Waals surface area contributed by atoms with Crippen LogP contribution in [0.25, 0.3) is 0 Å². The van der Waals surface area contributed by atoms with Gasteiger partial charge in [-0.2, -0.15) is 0 Å². The third-order valence-corrected chi connectivity index (χ3v) is 3.90. The Hall–Kier alpha value is -0.100. The summed E-state index contributed by atoms with van der Waals surface area (Å²) in [6.45, 7) is 2.40. The number of carbonyl (C=O) groups is 1. The van der Waals surface area contributed by atoms with Crippen LogP contribution in [0.1, 0.15) is 24.6 Å².